The molecule has 5 heteroatoms. The summed E-state index contributed by atoms with van der Waals surface area (Å²) in [6, 6.07) is 7.42. The smallest absolute Gasteiger partial charge is 0.282 e. The van der Waals surface area contributed by atoms with Crippen LogP contribution < -0.4 is 0 Å². The Morgan fingerprint density at radius 3 is 1.80 bits per heavy atom. The third-order valence-electron chi connectivity index (χ3n) is 1.45. The SMILES string of the molecule is CCSCC.O=S(=O)(O)c1ccccc1. The quantitative estimate of drug-likeness (QED) is 0.836. The molecule has 86 valence electrons. The second-order valence-electron chi connectivity index (χ2n) is 2.57. The molecule has 1 aromatic rings. The Morgan fingerprint density at radius 2 is 1.60 bits per heavy atom. The maximum Gasteiger partial charge on any atom is 0.294 e. The molecule has 0 radical (unpaired) electrons. The molecule has 3 nitrogen and oxygen atoms in total. The third kappa shape index (κ3) is 7.41. The van der Waals surface area contributed by atoms with Crippen molar-refractivity contribution in [2.75, 3.05) is 11.5 Å². The molecule has 0 bridgehead atoms. The van der Waals surface area contributed by atoms with Gasteiger partial charge in [0.1, 0.15) is 0 Å². The van der Waals surface area contributed by atoms with Gasteiger partial charge in [-0.15, -0.1) is 0 Å². The lowest BCUT2D eigenvalue weighted by atomic mass is 10.4. The fourth-order valence-electron chi connectivity index (χ4n) is 0.797. The summed E-state index contributed by atoms with van der Waals surface area (Å²) in [5, 5.41) is 0. The summed E-state index contributed by atoms with van der Waals surface area (Å²) in [5.41, 5.74) is 0. The van der Waals surface area contributed by atoms with Crippen LogP contribution in [0.4, 0.5) is 0 Å². The third-order valence-corrected chi connectivity index (χ3v) is 3.13. The lowest BCUT2D eigenvalue weighted by Gasteiger charge is -1.92. The highest BCUT2D eigenvalue weighted by Gasteiger charge is 2.05. The van der Waals surface area contributed by atoms with E-state index >= 15 is 0 Å². The van der Waals surface area contributed by atoms with E-state index in [9.17, 15) is 8.42 Å². The van der Waals surface area contributed by atoms with Crippen molar-refractivity contribution in [2.24, 2.45) is 0 Å². The van der Waals surface area contributed by atoms with Crippen molar-refractivity contribution in [1.82, 2.24) is 0 Å². The predicted molar refractivity (Wildman–Crippen MR) is 64.9 cm³/mol. The minimum absolute atomic E-state index is 0.0741. The van der Waals surface area contributed by atoms with Crippen molar-refractivity contribution < 1.29 is 13.0 Å². The first-order valence-corrected chi connectivity index (χ1v) is 7.22. The molecule has 0 spiro atoms. The van der Waals surface area contributed by atoms with Crippen molar-refractivity contribution in [3.8, 4) is 0 Å². The van der Waals surface area contributed by atoms with E-state index in [1.165, 1.54) is 23.6 Å². The van der Waals surface area contributed by atoms with Gasteiger partial charge in [0, 0.05) is 0 Å². The molecule has 0 atom stereocenters. The van der Waals surface area contributed by atoms with Gasteiger partial charge in [0.25, 0.3) is 10.1 Å². The summed E-state index contributed by atoms with van der Waals surface area (Å²) in [6.45, 7) is 4.35. The normalized spacial score (nSPS) is 10.3. The molecule has 1 N–H and O–H groups in total. The van der Waals surface area contributed by atoms with E-state index < -0.39 is 10.1 Å². The first-order chi connectivity index (χ1) is 7.02. The van der Waals surface area contributed by atoms with Crippen LogP contribution in [0.1, 0.15) is 13.8 Å². The zero-order valence-corrected chi connectivity index (χ0v) is 10.5. The standard InChI is InChI=1S/C6H6O3S.C4H10S/c7-10(8,9)6-4-2-1-3-5-6;1-3-5-4-2/h1-5H,(H,7,8,9);3-4H2,1-2H3. The number of hydrogen-bond donors (Lipinski definition) is 1. The van der Waals surface area contributed by atoms with E-state index in [0.717, 1.165) is 0 Å². The monoisotopic (exact) mass is 248 g/mol. The molecule has 15 heavy (non-hydrogen) atoms. The van der Waals surface area contributed by atoms with Gasteiger partial charge in [-0.1, -0.05) is 32.0 Å². The maximum absolute atomic E-state index is 10.4. The van der Waals surface area contributed by atoms with E-state index in [-0.39, 0.29) is 4.90 Å². The van der Waals surface area contributed by atoms with Crippen molar-refractivity contribution in [1.29, 1.82) is 0 Å². The van der Waals surface area contributed by atoms with Crippen LogP contribution in [-0.2, 0) is 10.1 Å². The van der Waals surface area contributed by atoms with Gasteiger partial charge in [-0.25, -0.2) is 0 Å². The number of benzene rings is 1. The molecule has 0 aliphatic carbocycles. The highest BCUT2D eigenvalue weighted by molar-refractivity contribution is 7.99. The van der Waals surface area contributed by atoms with Crippen molar-refractivity contribution in [3.05, 3.63) is 30.3 Å². The van der Waals surface area contributed by atoms with E-state index in [1.54, 1.807) is 18.2 Å². The zero-order chi connectivity index (χ0) is 11.7. The molecule has 1 aromatic carbocycles. The van der Waals surface area contributed by atoms with Crippen LogP contribution in [0, 0.1) is 0 Å². The molecular formula is C10H16O3S2. The highest BCUT2D eigenvalue weighted by atomic mass is 32.2. The molecule has 0 fully saturated rings. The average Bonchev–Trinajstić information content (AvgIpc) is 2.20. The van der Waals surface area contributed by atoms with E-state index in [1.807, 2.05) is 11.8 Å². The Balaban J connectivity index is 0.000000336. The summed E-state index contributed by atoms with van der Waals surface area (Å²) in [7, 11) is -4.00. The molecule has 0 amide bonds. The molecule has 0 aliphatic heterocycles. The summed E-state index contributed by atoms with van der Waals surface area (Å²) >= 11 is 1.96. The fraction of sp³-hybridized carbons (Fsp3) is 0.400. The summed E-state index contributed by atoms with van der Waals surface area (Å²) in [4.78, 5) is -0.0741. The van der Waals surface area contributed by atoms with Gasteiger partial charge in [-0.2, -0.15) is 20.2 Å². The van der Waals surface area contributed by atoms with Crippen molar-refractivity contribution in [2.45, 2.75) is 18.7 Å². The van der Waals surface area contributed by atoms with Crippen LogP contribution in [-0.4, -0.2) is 24.5 Å². The number of thioether (sulfide) groups is 1. The number of rotatable bonds is 3. The Kier molecular flexibility index (Phi) is 7.46. The van der Waals surface area contributed by atoms with Crippen LogP contribution in [0.2, 0.25) is 0 Å². The van der Waals surface area contributed by atoms with Gasteiger partial charge in [0.05, 0.1) is 4.90 Å². The number of hydrogen-bond acceptors (Lipinski definition) is 3. The molecular weight excluding hydrogens is 232 g/mol. The lowest BCUT2D eigenvalue weighted by molar-refractivity contribution is 0.483. The van der Waals surface area contributed by atoms with Crippen LogP contribution in [0.5, 0.6) is 0 Å². The molecule has 0 saturated heterocycles. The fourth-order valence-corrected chi connectivity index (χ4v) is 1.71. The first kappa shape index (κ1) is 14.5. The van der Waals surface area contributed by atoms with Gasteiger partial charge in [0.2, 0.25) is 0 Å². The van der Waals surface area contributed by atoms with E-state index in [0.29, 0.717) is 0 Å². The lowest BCUT2D eigenvalue weighted by Crippen LogP contribution is -1.96. The first-order valence-electron chi connectivity index (χ1n) is 4.62. The molecule has 0 unspecified atom stereocenters. The minimum atomic E-state index is -4.00. The van der Waals surface area contributed by atoms with Crippen LogP contribution in [0.15, 0.2) is 35.2 Å². The van der Waals surface area contributed by atoms with Crippen molar-refractivity contribution in [3.63, 3.8) is 0 Å². The predicted octanol–water partition coefficient (Wildman–Crippen LogP) is 2.69. The molecule has 0 saturated carbocycles. The summed E-state index contributed by atoms with van der Waals surface area (Å²) < 4.78 is 29.2. The van der Waals surface area contributed by atoms with Crippen LogP contribution in [0.3, 0.4) is 0 Å². The Bertz CT molecular complexity index is 344. The van der Waals surface area contributed by atoms with Crippen molar-refractivity contribution >= 4 is 21.9 Å². The zero-order valence-electron chi connectivity index (χ0n) is 8.88. The Morgan fingerprint density at radius 1 is 1.13 bits per heavy atom. The van der Waals surface area contributed by atoms with Gasteiger partial charge in [0.15, 0.2) is 0 Å². The molecule has 0 heterocycles. The molecule has 1 rings (SSSR count). The maximum atomic E-state index is 10.4. The Labute approximate surface area is 95.6 Å². The molecule has 0 aliphatic rings. The van der Waals surface area contributed by atoms with E-state index in [4.69, 9.17) is 4.55 Å². The van der Waals surface area contributed by atoms with Gasteiger partial charge in [-0.3, -0.25) is 4.55 Å². The minimum Gasteiger partial charge on any atom is -0.282 e. The molecule has 0 aromatic heterocycles. The Hall–Kier alpha value is -0.520. The van der Waals surface area contributed by atoms with E-state index in [2.05, 4.69) is 13.8 Å². The largest absolute Gasteiger partial charge is 0.294 e. The van der Waals surface area contributed by atoms with Crippen LogP contribution >= 0.6 is 11.8 Å². The second-order valence-corrected chi connectivity index (χ2v) is 5.55. The van der Waals surface area contributed by atoms with Crippen LogP contribution in [0.25, 0.3) is 0 Å². The average molecular weight is 248 g/mol. The highest BCUT2D eigenvalue weighted by Crippen LogP contribution is 2.05. The summed E-state index contributed by atoms with van der Waals surface area (Å²) in [5.74, 6) is 2.52. The van der Waals surface area contributed by atoms with Gasteiger partial charge in [-0.05, 0) is 23.6 Å². The topological polar surface area (TPSA) is 54.4 Å². The van der Waals surface area contributed by atoms with Gasteiger partial charge < -0.3 is 0 Å². The van der Waals surface area contributed by atoms with Gasteiger partial charge >= 0.3 is 0 Å². The summed E-state index contributed by atoms with van der Waals surface area (Å²) in [6.07, 6.45) is 0. The second kappa shape index (κ2) is 7.73.